The Kier molecular flexibility index (Phi) is 2.30. The van der Waals surface area contributed by atoms with Crippen molar-refractivity contribution in [1.82, 2.24) is 9.97 Å². The molecule has 0 unspecified atom stereocenters. The monoisotopic (exact) mass is 270 g/mol. The van der Waals surface area contributed by atoms with Crippen molar-refractivity contribution in [3.63, 3.8) is 0 Å². The van der Waals surface area contributed by atoms with Gasteiger partial charge in [-0.2, -0.15) is 0 Å². The van der Waals surface area contributed by atoms with Crippen molar-refractivity contribution in [2.24, 2.45) is 0 Å². The van der Waals surface area contributed by atoms with Crippen molar-refractivity contribution < 1.29 is 0 Å². The topological polar surface area (TPSA) is 53.9 Å². The van der Waals surface area contributed by atoms with Crippen molar-refractivity contribution in [1.29, 1.82) is 5.26 Å². The highest BCUT2D eigenvalue weighted by atomic mass is 32.1. The van der Waals surface area contributed by atoms with Crippen LogP contribution in [0.1, 0.15) is 21.4 Å². The minimum atomic E-state index is 0.0746. The second kappa shape index (κ2) is 3.74. The molecule has 4 nitrogen and oxygen atoms in total. The third kappa shape index (κ3) is 1.34. The Labute approximate surface area is 112 Å². The van der Waals surface area contributed by atoms with Gasteiger partial charge < -0.3 is 0 Å². The van der Waals surface area contributed by atoms with E-state index in [1.807, 2.05) is 19.9 Å². The van der Waals surface area contributed by atoms with E-state index in [1.165, 1.54) is 0 Å². The van der Waals surface area contributed by atoms with E-state index in [-0.39, 0.29) is 5.70 Å². The molecule has 2 aromatic rings. The molecule has 0 N–H and O–H groups in total. The number of fused-ring (bicyclic) bond motifs is 3. The summed E-state index contributed by atoms with van der Waals surface area (Å²) in [5.74, 6) is 0. The number of hydrogen-bond donors (Lipinski definition) is 0. The summed E-state index contributed by atoms with van der Waals surface area (Å²) in [5.41, 5.74) is 2.18. The first-order valence-electron chi connectivity index (χ1n) is 5.13. The van der Waals surface area contributed by atoms with Crippen LogP contribution in [0.4, 0.5) is 0 Å². The quantitative estimate of drug-likeness (QED) is 0.464. The van der Waals surface area contributed by atoms with Crippen molar-refractivity contribution in [2.75, 3.05) is 0 Å². The van der Waals surface area contributed by atoms with Gasteiger partial charge >= 0.3 is 0 Å². The Bertz CT molecular complexity index is 716. The lowest BCUT2D eigenvalue weighted by Crippen LogP contribution is -1.89. The summed E-state index contributed by atoms with van der Waals surface area (Å²) < 4.78 is 0. The second-order valence-corrected chi connectivity index (χ2v) is 6.17. The van der Waals surface area contributed by atoms with Crippen LogP contribution in [-0.2, 0) is 0 Å². The summed E-state index contributed by atoms with van der Waals surface area (Å²) >= 11 is 3.18. The summed E-state index contributed by atoms with van der Waals surface area (Å²) in [6.07, 6.45) is 0. The van der Waals surface area contributed by atoms with Crippen LogP contribution in [0.3, 0.4) is 0 Å². The molecule has 0 saturated carbocycles. The van der Waals surface area contributed by atoms with Gasteiger partial charge in [-0.3, -0.25) is 0 Å². The molecule has 0 fully saturated rings. The van der Waals surface area contributed by atoms with E-state index in [2.05, 4.69) is 14.8 Å². The maximum atomic E-state index is 9.08. The number of aryl methyl sites for hydroxylation is 2. The molecule has 0 aromatic carbocycles. The Morgan fingerprint density at radius 3 is 2.06 bits per heavy atom. The number of hydrogen-bond acceptors (Lipinski definition) is 5. The molecular formula is C12H6N4S2. The molecule has 86 valence electrons. The minimum Gasteiger partial charge on any atom is -0.242 e. The van der Waals surface area contributed by atoms with Gasteiger partial charge in [0.1, 0.15) is 0 Å². The predicted octanol–water partition coefficient (Wildman–Crippen LogP) is 3.40. The van der Waals surface area contributed by atoms with Crippen molar-refractivity contribution >= 4 is 28.2 Å². The van der Waals surface area contributed by atoms with E-state index in [1.54, 1.807) is 22.7 Å². The van der Waals surface area contributed by atoms with E-state index >= 15 is 0 Å². The average molecular weight is 270 g/mol. The summed E-state index contributed by atoms with van der Waals surface area (Å²) in [7, 11) is 0. The van der Waals surface area contributed by atoms with Gasteiger partial charge in [0.25, 0.3) is 5.70 Å². The molecule has 0 saturated heterocycles. The zero-order chi connectivity index (χ0) is 12.9. The lowest BCUT2D eigenvalue weighted by Gasteiger charge is -1.96. The summed E-state index contributed by atoms with van der Waals surface area (Å²) in [6.45, 7) is 11.0. The number of thiazole rings is 2. The van der Waals surface area contributed by atoms with Crippen molar-refractivity contribution in [3.8, 4) is 15.8 Å². The highest BCUT2D eigenvalue weighted by Gasteiger charge is 2.33. The lowest BCUT2D eigenvalue weighted by molar-refractivity contribution is 1.23. The molecule has 2 aromatic heterocycles. The molecule has 0 spiro atoms. The highest BCUT2D eigenvalue weighted by molar-refractivity contribution is 7.22. The molecule has 1 aliphatic rings. The summed E-state index contributed by atoms with van der Waals surface area (Å²) in [5, 5.41) is 11.0. The lowest BCUT2D eigenvalue weighted by atomic mass is 10.1. The Morgan fingerprint density at radius 1 is 1.17 bits per heavy atom. The number of nitriles is 1. The molecule has 0 atom stereocenters. The standard InChI is InChI=1S/C12H6N4S2/c1-5-15-9-8(7(4-13)14-3)10-12(11(9)17-5)18-6(2)16-10/h1-2H3. The molecular weight excluding hydrogens is 264 g/mol. The fraction of sp³-hybridized carbons (Fsp3) is 0.167. The first-order chi connectivity index (χ1) is 8.65. The molecule has 3 rings (SSSR count). The van der Waals surface area contributed by atoms with Crippen LogP contribution in [0, 0.1) is 31.8 Å². The fourth-order valence-electron chi connectivity index (χ4n) is 1.97. The zero-order valence-corrected chi connectivity index (χ0v) is 11.2. The van der Waals surface area contributed by atoms with E-state index in [9.17, 15) is 0 Å². The largest absolute Gasteiger partial charge is 0.273 e. The Morgan fingerprint density at radius 2 is 1.67 bits per heavy atom. The van der Waals surface area contributed by atoms with Crippen LogP contribution in [0.2, 0.25) is 0 Å². The van der Waals surface area contributed by atoms with Crippen molar-refractivity contribution in [2.45, 2.75) is 13.8 Å². The molecule has 1 aliphatic carbocycles. The number of rotatable bonds is 0. The predicted molar refractivity (Wildman–Crippen MR) is 70.9 cm³/mol. The average Bonchev–Trinajstić information content (AvgIpc) is 2.94. The first-order valence-corrected chi connectivity index (χ1v) is 6.76. The van der Waals surface area contributed by atoms with Gasteiger partial charge in [0.15, 0.2) is 0 Å². The third-order valence-corrected chi connectivity index (χ3v) is 4.71. The van der Waals surface area contributed by atoms with Gasteiger partial charge in [-0.15, -0.1) is 22.7 Å². The fourth-order valence-corrected chi connectivity index (χ4v) is 3.96. The van der Waals surface area contributed by atoms with Gasteiger partial charge in [-0.1, -0.05) is 0 Å². The van der Waals surface area contributed by atoms with Gasteiger partial charge in [0.2, 0.25) is 0 Å². The summed E-state index contributed by atoms with van der Waals surface area (Å²) in [6, 6.07) is 1.95. The summed E-state index contributed by atoms with van der Waals surface area (Å²) in [4.78, 5) is 14.3. The van der Waals surface area contributed by atoms with E-state index in [4.69, 9.17) is 11.8 Å². The number of allylic oxidation sites excluding steroid dienone is 1. The molecule has 6 heteroatoms. The van der Waals surface area contributed by atoms with Crippen molar-refractivity contribution in [3.05, 3.63) is 38.5 Å². The molecule has 0 bridgehead atoms. The van der Waals surface area contributed by atoms with Gasteiger partial charge in [-0.25, -0.2) is 20.1 Å². The smallest absolute Gasteiger partial charge is 0.242 e. The van der Waals surface area contributed by atoms with Crippen LogP contribution in [0.5, 0.6) is 0 Å². The molecule has 2 heterocycles. The Hall–Kier alpha value is -2.02. The first kappa shape index (κ1) is 11.1. The third-order valence-electron chi connectivity index (χ3n) is 2.60. The van der Waals surface area contributed by atoms with E-state index < -0.39 is 0 Å². The van der Waals surface area contributed by atoms with Crippen LogP contribution < -0.4 is 0 Å². The SMILES string of the molecule is [C-]#[N+]C(C#N)=C1c2nc(C)sc2-c2sc(C)nc21. The number of nitrogens with zero attached hydrogens (tertiary/aromatic N) is 4. The molecule has 0 radical (unpaired) electrons. The highest BCUT2D eigenvalue weighted by Crippen LogP contribution is 2.50. The zero-order valence-electron chi connectivity index (χ0n) is 9.61. The normalized spacial score (nSPS) is 11.7. The van der Waals surface area contributed by atoms with Crippen LogP contribution in [-0.4, -0.2) is 9.97 Å². The van der Waals surface area contributed by atoms with E-state index in [0.29, 0.717) is 5.57 Å². The minimum absolute atomic E-state index is 0.0746. The van der Waals surface area contributed by atoms with Crippen LogP contribution >= 0.6 is 22.7 Å². The Balaban J connectivity index is 2.44. The van der Waals surface area contributed by atoms with Crippen LogP contribution in [0.15, 0.2) is 5.70 Å². The molecule has 0 amide bonds. The van der Waals surface area contributed by atoms with E-state index in [0.717, 1.165) is 31.2 Å². The molecule has 18 heavy (non-hydrogen) atoms. The van der Waals surface area contributed by atoms with Gasteiger partial charge in [0.05, 0.1) is 43.8 Å². The molecule has 0 aliphatic heterocycles. The second-order valence-electron chi connectivity index (χ2n) is 3.77. The van der Waals surface area contributed by atoms with Gasteiger partial charge in [-0.05, 0) is 13.8 Å². The van der Waals surface area contributed by atoms with Crippen LogP contribution in [0.25, 0.3) is 20.2 Å². The number of aromatic nitrogens is 2. The maximum absolute atomic E-state index is 9.08. The van der Waals surface area contributed by atoms with Gasteiger partial charge in [0, 0.05) is 5.57 Å². The maximum Gasteiger partial charge on any atom is 0.273 e.